The van der Waals surface area contributed by atoms with Gasteiger partial charge in [0.15, 0.2) is 0 Å². The van der Waals surface area contributed by atoms with Gasteiger partial charge in [-0.05, 0) is 20.4 Å². The Morgan fingerprint density at radius 3 is 2.77 bits per heavy atom. The normalized spacial score (nSPS) is 26.5. The van der Waals surface area contributed by atoms with E-state index in [2.05, 4.69) is 23.8 Å². The van der Waals surface area contributed by atoms with Crippen LogP contribution in [0.3, 0.4) is 0 Å². The van der Waals surface area contributed by atoms with Gasteiger partial charge in [-0.2, -0.15) is 0 Å². The molecule has 0 bridgehead atoms. The van der Waals surface area contributed by atoms with E-state index in [-0.39, 0.29) is 0 Å². The minimum absolute atomic E-state index is 0.705. The maximum absolute atomic E-state index is 5.04. The van der Waals surface area contributed by atoms with Gasteiger partial charge < -0.3 is 14.5 Å². The van der Waals surface area contributed by atoms with E-state index in [1.54, 1.807) is 7.11 Å². The molecule has 0 saturated carbocycles. The summed E-state index contributed by atoms with van der Waals surface area (Å²) in [5.74, 6) is 0. The zero-order chi connectivity index (χ0) is 9.68. The Hall–Kier alpha value is -0.120. The molecule has 0 N–H and O–H groups in total. The van der Waals surface area contributed by atoms with Crippen molar-refractivity contribution in [3.8, 4) is 0 Å². The molecular weight excluding hydrogens is 164 g/mol. The average Bonchev–Trinajstić information content (AvgIpc) is 2.12. The Bertz CT molecular complexity index is 141. The molecule has 1 heterocycles. The van der Waals surface area contributed by atoms with Crippen LogP contribution >= 0.6 is 0 Å². The van der Waals surface area contributed by atoms with Crippen LogP contribution in [-0.2, 0) is 4.74 Å². The van der Waals surface area contributed by atoms with Crippen LogP contribution in [-0.4, -0.2) is 62.8 Å². The lowest BCUT2D eigenvalue weighted by Crippen LogP contribution is -2.50. The Labute approximate surface area is 81.7 Å². The Morgan fingerprint density at radius 2 is 2.15 bits per heavy atom. The highest BCUT2D eigenvalue weighted by Gasteiger charge is 2.19. The first kappa shape index (κ1) is 11.0. The first-order chi connectivity index (χ1) is 6.24. The monoisotopic (exact) mass is 186 g/mol. The Morgan fingerprint density at radius 1 is 1.38 bits per heavy atom. The number of hydrogen-bond donors (Lipinski definition) is 0. The second-order valence-electron chi connectivity index (χ2n) is 3.98. The van der Waals surface area contributed by atoms with Crippen molar-refractivity contribution in [2.75, 3.05) is 46.9 Å². The molecule has 1 fully saturated rings. The van der Waals surface area contributed by atoms with Crippen molar-refractivity contribution >= 4 is 0 Å². The standard InChI is InChI=1S/C10H22N2O/c1-10-9-12(5-4-8-13-3)7-6-11(10)2/h10H,4-9H2,1-3H3/t10-/m0/s1. The highest BCUT2D eigenvalue weighted by Crippen LogP contribution is 2.06. The van der Waals surface area contributed by atoms with Gasteiger partial charge in [0, 0.05) is 45.9 Å². The van der Waals surface area contributed by atoms with Gasteiger partial charge in [-0.1, -0.05) is 0 Å². The Kier molecular flexibility index (Phi) is 4.70. The maximum atomic E-state index is 5.04. The molecule has 0 aromatic heterocycles. The van der Waals surface area contributed by atoms with Crippen LogP contribution in [0, 0.1) is 0 Å². The molecule has 0 aromatic rings. The molecule has 0 aliphatic carbocycles. The number of ether oxygens (including phenoxy) is 1. The predicted octanol–water partition coefficient (Wildman–Crippen LogP) is 0.659. The SMILES string of the molecule is COCCCN1CCN(C)[C@@H](C)C1. The van der Waals surface area contributed by atoms with Crippen LogP contribution in [0.25, 0.3) is 0 Å². The van der Waals surface area contributed by atoms with Crippen LogP contribution in [0.4, 0.5) is 0 Å². The third-order valence-corrected chi connectivity index (χ3v) is 2.87. The molecule has 0 aromatic carbocycles. The summed E-state index contributed by atoms with van der Waals surface area (Å²) in [5.41, 5.74) is 0. The first-order valence-electron chi connectivity index (χ1n) is 5.15. The molecule has 0 amide bonds. The molecule has 0 radical (unpaired) electrons. The van der Waals surface area contributed by atoms with E-state index in [1.165, 1.54) is 26.2 Å². The van der Waals surface area contributed by atoms with Gasteiger partial charge in [-0.15, -0.1) is 0 Å². The fourth-order valence-electron chi connectivity index (χ4n) is 1.76. The van der Waals surface area contributed by atoms with E-state index in [1.807, 2.05) is 0 Å². The van der Waals surface area contributed by atoms with Crippen molar-refractivity contribution in [3.63, 3.8) is 0 Å². The van der Waals surface area contributed by atoms with E-state index in [9.17, 15) is 0 Å². The second kappa shape index (κ2) is 5.58. The van der Waals surface area contributed by atoms with Crippen LogP contribution in [0.5, 0.6) is 0 Å². The third-order valence-electron chi connectivity index (χ3n) is 2.87. The number of rotatable bonds is 4. The van der Waals surface area contributed by atoms with Gasteiger partial charge in [0.1, 0.15) is 0 Å². The summed E-state index contributed by atoms with van der Waals surface area (Å²) >= 11 is 0. The number of methoxy groups -OCH3 is 1. The number of nitrogens with zero attached hydrogens (tertiary/aromatic N) is 2. The van der Waals surface area contributed by atoms with E-state index in [4.69, 9.17) is 4.74 Å². The van der Waals surface area contributed by atoms with Crippen LogP contribution < -0.4 is 0 Å². The third kappa shape index (κ3) is 3.63. The zero-order valence-corrected chi connectivity index (χ0v) is 9.12. The van der Waals surface area contributed by atoms with E-state index < -0.39 is 0 Å². The summed E-state index contributed by atoms with van der Waals surface area (Å²) in [6.45, 7) is 7.99. The molecule has 0 unspecified atom stereocenters. The molecule has 0 spiro atoms. The molecule has 3 heteroatoms. The quantitative estimate of drug-likeness (QED) is 0.600. The fourth-order valence-corrected chi connectivity index (χ4v) is 1.76. The summed E-state index contributed by atoms with van der Waals surface area (Å²) < 4.78 is 5.04. The van der Waals surface area contributed by atoms with Crippen molar-refractivity contribution in [3.05, 3.63) is 0 Å². The highest BCUT2D eigenvalue weighted by molar-refractivity contribution is 4.76. The van der Waals surface area contributed by atoms with Crippen LogP contribution in [0.15, 0.2) is 0 Å². The largest absolute Gasteiger partial charge is 0.385 e. The molecule has 13 heavy (non-hydrogen) atoms. The molecule has 1 atom stereocenters. The van der Waals surface area contributed by atoms with Crippen molar-refractivity contribution < 1.29 is 4.74 Å². The van der Waals surface area contributed by atoms with E-state index in [0.717, 1.165) is 13.0 Å². The molecule has 3 nitrogen and oxygen atoms in total. The lowest BCUT2D eigenvalue weighted by Gasteiger charge is -2.37. The summed E-state index contributed by atoms with van der Waals surface area (Å²) in [6.07, 6.45) is 1.16. The van der Waals surface area contributed by atoms with Gasteiger partial charge in [-0.3, -0.25) is 0 Å². The highest BCUT2D eigenvalue weighted by atomic mass is 16.5. The number of hydrogen-bond acceptors (Lipinski definition) is 3. The molecule has 1 saturated heterocycles. The average molecular weight is 186 g/mol. The smallest absolute Gasteiger partial charge is 0.0474 e. The molecule has 1 rings (SSSR count). The molecule has 1 aliphatic heterocycles. The second-order valence-corrected chi connectivity index (χ2v) is 3.98. The lowest BCUT2D eigenvalue weighted by molar-refractivity contribution is 0.0944. The van der Waals surface area contributed by atoms with E-state index >= 15 is 0 Å². The van der Waals surface area contributed by atoms with Crippen molar-refractivity contribution in [1.82, 2.24) is 9.80 Å². The summed E-state index contributed by atoms with van der Waals surface area (Å²) in [7, 11) is 3.98. The minimum atomic E-state index is 0.705. The van der Waals surface area contributed by atoms with Crippen molar-refractivity contribution in [2.45, 2.75) is 19.4 Å². The zero-order valence-electron chi connectivity index (χ0n) is 9.12. The van der Waals surface area contributed by atoms with Crippen LogP contribution in [0.1, 0.15) is 13.3 Å². The fraction of sp³-hybridized carbons (Fsp3) is 1.00. The van der Waals surface area contributed by atoms with Crippen LogP contribution in [0.2, 0.25) is 0 Å². The van der Waals surface area contributed by atoms with Gasteiger partial charge >= 0.3 is 0 Å². The van der Waals surface area contributed by atoms with Gasteiger partial charge in [0.25, 0.3) is 0 Å². The minimum Gasteiger partial charge on any atom is -0.385 e. The van der Waals surface area contributed by atoms with E-state index in [0.29, 0.717) is 6.04 Å². The van der Waals surface area contributed by atoms with Gasteiger partial charge in [0.05, 0.1) is 0 Å². The topological polar surface area (TPSA) is 15.7 Å². The van der Waals surface area contributed by atoms with Crippen molar-refractivity contribution in [2.24, 2.45) is 0 Å². The lowest BCUT2D eigenvalue weighted by atomic mass is 10.2. The summed E-state index contributed by atoms with van der Waals surface area (Å²) in [5, 5.41) is 0. The molecule has 78 valence electrons. The van der Waals surface area contributed by atoms with Crippen molar-refractivity contribution in [1.29, 1.82) is 0 Å². The van der Waals surface area contributed by atoms with Gasteiger partial charge in [0.2, 0.25) is 0 Å². The summed E-state index contributed by atoms with van der Waals surface area (Å²) in [4.78, 5) is 4.95. The predicted molar refractivity (Wildman–Crippen MR) is 55.0 cm³/mol. The Balaban J connectivity index is 2.14. The molecule has 1 aliphatic rings. The maximum Gasteiger partial charge on any atom is 0.0474 e. The number of likely N-dealkylation sites (N-methyl/N-ethyl adjacent to an activating group) is 1. The van der Waals surface area contributed by atoms with Gasteiger partial charge in [-0.25, -0.2) is 0 Å². The molecular formula is C10H22N2O. The summed E-state index contributed by atoms with van der Waals surface area (Å²) in [6, 6.07) is 0.705. The first-order valence-corrected chi connectivity index (χ1v) is 5.15. The number of piperazine rings is 1.